The number of rotatable bonds is 3. The van der Waals surface area contributed by atoms with E-state index in [2.05, 4.69) is 22.9 Å². The van der Waals surface area contributed by atoms with Gasteiger partial charge in [0.05, 0.1) is 0 Å². The predicted molar refractivity (Wildman–Crippen MR) is 79.4 cm³/mol. The highest BCUT2D eigenvalue weighted by Gasteiger charge is 2.09. The molecular weight excluding hydrogens is 312 g/mol. The van der Waals surface area contributed by atoms with E-state index in [9.17, 15) is 4.79 Å². The zero-order valence-corrected chi connectivity index (χ0v) is 12.3. The van der Waals surface area contributed by atoms with Crippen molar-refractivity contribution >= 4 is 33.8 Å². The molecule has 0 aliphatic rings. The molecule has 0 fully saturated rings. The fourth-order valence-corrected chi connectivity index (χ4v) is 2.44. The molecule has 2 aromatic rings. The lowest BCUT2D eigenvalue weighted by Gasteiger charge is -2.10. The summed E-state index contributed by atoms with van der Waals surface area (Å²) in [6, 6.07) is 11.5. The van der Waals surface area contributed by atoms with E-state index in [0.29, 0.717) is 10.6 Å². The molecule has 0 radical (unpaired) electrons. The van der Waals surface area contributed by atoms with E-state index in [1.807, 2.05) is 36.4 Å². The van der Waals surface area contributed by atoms with Gasteiger partial charge in [-0.05, 0) is 35.7 Å². The van der Waals surface area contributed by atoms with Crippen LogP contribution in [0.1, 0.15) is 22.8 Å². The van der Waals surface area contributed by atoms with E-state index < -0.39 is 0 Å². The monoisotopic (exact) mass is 322 g/mol. The second-order valence-electron chi connectivity index (χ2n) is 4.02. The zero-order chi connectivity index (χ0) is 13.1. The first kappa shape index (κ1) is 13.3. The Bertz CT molecular complexity index is 593. The highest BCUT2D eigenvalue weighted by atomic mass is 79.9. The molecule has 0 saturated heterocycles. The minimum atomic E-state index is 0.648. The lowest BCUT2D eigenvalue weighted by atomic mass is 9.97. The van der Waals surface area contributed by atoms with Crippen molar-refractivity contribution in [3.63, 3.8) is 0 Å². The molecule has 0 N–H and O–H groups in total. The number of hydrogen-bond acceptors (Lipinski definition) is 1. The smallest absolute Gasteiger partial charge is 0.150 e. The minimum Gasteiger partial charge on any atom is -0.298 e. The number of aldehydes is 1. The molecule has 18 heavy (non-hydrogen) atoms. The molecule has 0 aromatic heterocycles. The molecule has 0 saturated carbocycles. The van der Waals surface area contributed by atoms with E-state index in [1.54, 1.807) is 0 Å². The molecule has 0 unspecified atom stereocenters. The molecule has 1 nitrogen and oxygen atoms in total. The quantitative estimate of drug-likeness (QED) is 0.714. The molecule has 0 bridgehead atoms. The van der Waals surface area contributed by atoms with Crippen LogP contribution in [0.4, 0.5) is 0 Å². The second kappa shape index (κ2) is 5.68. The van der Waals surface area contributed by atoms with Gasteiger partial charge in [-0.1, -0.05) is 52.7 Å². The lowest BCUT2D eigenvalue weighted by Crippen LogP contribution is -1.91. The van der Waals surface area contributed by atoms with E-state index >= 15 is 0 Å². The largest absolute Gasteiger partial charge is 0.298 e. The van der Waals surface area contributed by atoms with Gasteiger partial charge in [0.2, 0.25) is 0 Å². The SMILES string of the molecule is CCc1ccc(C=O)c(-c2cc(Br)ccc2Cl)c1. The van der Waals surface area contributed by atoms with Crippen molar-refractivity contribution in [3.05, 3.63) is 57.0 Å². The maximum absolute atomic E-state index is 11.1. The predicted octanol–water partition coefficient (Wildman–Crippen LogP) is 5.14. The number of aryl methyl sites for hydroxylation is 1. The Labute approximate surface area is 120 Å². The zero-order valence-electron chi connectivity index (χ0n) is 9.91. The van der Waals surface area contributed by atoms with Crippen molar-refractivity contribution in [1.82, 2.24) is 0 Å². The van der Waals surface area contributed by atoms with Gasteiger partial charge in [0.25, 0.3) is 0 Å². The van der Waals surface area contributed by atoms with Crippen LogP contribution in [0.3, 0.4) is 0 Å². The van der Waals surface area contributed by atoms with E-state index in [0.717, 1.165) is 28.3 Å². The van der Waals surface area contributed by atoms with Gasteiger partial charge in [-0.2, -0.15) is 0 Å². The summed E-state index contributed by atoms with van der Waals surface area (Å²) in [4.78, 5) is 11.1. The summed E-state index contributed by atoms with van der Waals surface area (Å²) in [6.07, 6.45) is 1.80. The van der Waals surface area contributed by atoms with Crippen molar-refractivity contribution < 1.29 is 4.79 Å². The summed E-state index contributed by atoms with van der Waals surface area (Å²) < 4.78 is 0.945. The Morgan fingerprint density at radius 2 is 1.94 bits per heavy atom. The van der Waals surface area contributed by atoms with Crippen molar-refractivity contribution in [2.45, 2.75) is 13.3 Å². The van der Waals surface area contributed by atoms with Crippen LogP contribution in [0, 0.1) is 0 Å². The maximum Gasteiger partial charge on any atom is 0.150 e. The second-order valence-corrected chi connectivity index (χ2v) is 5.34. The van der Waals surface area contributed by atoms with Crippen molar-refractivity contribution in [1.29, 1.82) is 0 Å². The van der Waals surface area contributed by atoms with Gasteiger partial charge >= 0.3 is 0 Å². The van der Waals surface area contributed by atoms with Gasteiger partial charge in [0.15, 0.2) is 6.29 Å². The van der Waals surface area contributed by atoms with Gasteiger partial charge in [-0.3, -0.25) is 4.79 Å². The summed E-state index contributed by atoms with van der Waals surface area (Å²) >= 11 is 9.65. The van der Waals surface area contributed by atoms with Crippen molar-refractivity contribution in [2.75, 3.05) is 0 Å². The van der Waals surface area contributed by atoms with Gasteiger partial charge in [0, 0.05) is 20.6 Å². The van der Waals surface area contributed by atoms with Gasteiger partial charge in [0.1, 0.15) is 0 Å². The van der Waals surface area contributed by atoms with Gasteiger partial charge in [-0.25, -0.2) is 0 Å². The number of halogens is 2. The fraction of sp³-hybridized carbons (Fsp3) is 0.133. The number of benzene rings is 2. The molecule has 0 atom stereocenters. The average Bonchev–Trinajstić information content (AvgIpc) is 2.40. The molecule has 2 rings (SSSR count). The average molecular weight is 324 g/mol. The number of carbonyl (C=O) groups excluding carboxylic acids is 1. The van der Waals surface area contributed by atoms with Crippen molar-refractivity contribution in [3.8, 4) is 11.1 Å². The van der Waals surface area contributed by atoms with E-state index in [1.165, 1.54) is 5.56 Å². The molecule has 0 heterocycles. The summed E-state index contributed by atoms with van der Waals surface area (Å²) in [7, 11) is 0. The first-order valence-electron chi connectivity index (χ1n) is 5.69. The number of carbonyl (C=O) groups is 1. The highest BCUT2D eigenvalue weighted by molar-refractivity contribution is 9.10. The maximum atomic E-state index is 11.1. The summed E-state index contributed by atoms with van der Waals surface area (Å²) in [5.41, 5.74) is 3.61. The standard InChI is InChI=1S/C15H12BrClO/c1-2-10-3-4-11(9-18)13(7-10)14-8-12(16)5-6-15(14)17/h3-9H,2H2,1H3. The Morgan fingerprint density at radius 1 is 1.17 bits per heavy atom. The summed E-state index contributed by atoms with van der Waals surface area (Å²) in [5.74, 6) is 0. The molecule has 0 spiro atoms. The topological polar surface area (TPSA) is 17.1 Å². The molecule has 0 aliphatic heterocycles. The molecular formula is C15H12BrClO. The number of hydrogen-bond donors (Lipinski definition) is 0. The van der Waals surface area contributed by atoms with Crippen LogP contribution in [0.25, 0.3) is 11.1 Å². The fourth-order valence-electron chi connectivity index (χ4n) is 1.86. The third kappa shape index (κ3) is 2.65. The molecule has 0 aliphatic carbocycles. The van der Waals surface area contributed by atoms with E-state index in [4.69, 9.17) is 11.6 Å². The van der Waals surface area contributed by atoms with Crippen LogP contribution in [-0.4, -0.2) is 6.29 Å². The van der Waals surface area contributed by atoms with Crippen molar-refractivity contribution in [2.24, 2.45) is 0 Å². The molecule has 0 amide bonds. The van der Waals surface area contributed by atoms with Crippen LogP contribution in [0.5, 0.6) is 0 Å². The molecule has 92 valence electrons. The Balaban J connectivity index is 2.67. The van der Waals surface area contributed by atoms with E-state index in [-0.39, 0.29) is 0 Å². The third-order valence-electron chi connectivity index (χ3n) is 2.87. The summed E-state index contributed by atoms with van der Waals surface area (Å²) in [5, 5.41) is 0.648. The van der Waals surface area contributed by atoms with Crippen LogP contribution >= 0.6 is 27.5 Å². The normalized spacial score (nSPS) is 10.4. The van der Waals surface area contributed by atoms with Gasteiger partial charge < -0.3 is 0 Å². The van der Waals surface area contributed by atoms with Gasteiger partial charge in [-0.15, -0.1) is 0 Å². The molecule has 2 aromatic carbocycles. The Hall–Kier alpha value is -1.12. The summed E-state index contributed by atoms with van der Waals surface area (Å²) in [6.45, 7) is 2.09. The van der Waals surface area contributed by atoms with Crippen LogP contribution in [-0.2, 0) is 6.42 Å². The Morgan fingerprint density at radius 3 is 2.61 bits per heavy atom. The van der Waals surface area contributed by atoms with Crippen LogP contribution in [0.2, 0.25) is 5.02 Å². The minimum absolute atomic E-state index is 0.648. The first-order chi connectivity index (χ1) is 8.65. The van der Waals surface area contributed by atoms with Crippen LogP contribution < -0.4 is 0 Å². The molecule has 3 heteroatoms. The first-order valence-corrected chi connectivity index (χ1v) is 6.86. The van der Waals surface area contributed by atoms with Crippen LogP contribution in [0.15, 0.2) is 40.9 Å². The Kier molecular flexibility index (Phi) is 4.20. The lowest BCUT2D eigenvalue weighted by molar-refractivity contribution is 0.112. The highest BCUT2D eigenvalue weighted by Crippen LogP contribution is 2.33. The third-order valence-corrected chi connectivity index (χ3v) is 3.69.